The number of ether oxygens (including phenoxy) is 1. The molecule has 4 bridgehead atoms. The minimum absolute atomic E-state index is 0.00728. The van der Waals surface area contributed by atoms with Crippen molar-refractivity contribution in [2.24, 2.45) is 0 Å². The molecule has 8 nitrogen and oxygen atoms in total. The number of fused-ring (bicyclic) bond motifs is 6. The van der Waals surface area contributed by atoms with Crippen molar-refractivity contribution < 1.29 is 50.2 Å². The van der Waals surface area contributed by atoms with Gasteiger partial charge in [-0.25, -0.2) is 17.6 Å². The number of pyridine rings is 1. The average molecular weight is 718 g/mol. The van der Waals surface area contributed by atoms with E-state index in [1.807, 2.05) is 0 Å². The fourth-order valence-corrected chi connectivity index (χ4v) is 6.42. The van der Waals surface area contributed by atoms with Gasteiger partial charge >= 0.3 is 12.1 Å². The summed E-state index contributed by atoms with van der Waals surface area (Å²) in [5, 5.41) is 12.2. The first-order valence-electron chi connectivity index (χ1n) is 15.8. The molecule has 1 aromatic heterocycles. The quantitative estimate of drug-likeness (QED) is 0.228. The number of likely N-dealkylation sites (tertiary alicyclic amines) is 1. The van der Waals surface area contributed by atoms with Gasteiger partial charge in [0.15, 0.2) is 0 Å². The zero-order chi connectivity index (χ0) is 36.8. The molecule has 0 radical (unpaired) electrons. The average Bonchev–Trinajstić information content (AvgIpc) is 3.04. The summed E-state index contributed by atoms with van der Waals surface area (Å²) in [5.74, 6) is -5.23. The highest BCUT2D eigenvalue weighted by Gasteiger charge is 2.37. The highest BCUT2D eigenvalue weighted by Crippen LogP contribution is 2.37. The SMILES string of the molecule is Cc1cc2cc(c1F)[C@@H](CC(=O)O)NC(=O)[C@@H](n1cc(CCN3CC(F)C3)c(C(F)(F)F)cc1=O)c1cc(ccc1F)COc1ccc(F)cc1-2. The number of amides is 1. The van der Waals surface area contributed by atoms with Crippen molar-refractivity contribution in [1.29, 1.82) is 0 Å². The van der Waals surface area contributed by atoms with Crippen LogP contribution in [-0.4, -0.2) is 52.3 Å². The second kappa shape index (κ2) is 13.9. The zero-order valence-corrected chi connectivity index (χ0v) is 26.9. The number of nitrogens with zero attached hydrogens (tertiary/aromatic N) is 2. The van der Waals surface area contributed by atoms with E-state index in [1.54, 1.807) is 4.90 Å². The number of carbonyl (C=O) groups excluding carboxylic acids is 1. The summed E-state index contributed by atoms with van der Waals surface area (Å²) in [7, 11) is 0. The number of halogens is 7. The number of alkyl halides is 4. The summed E-state index contributed by atoms with van der Waals surface area (Å²) in [6.45, 7) is 1.08. The third-order valence-corrected chi connectivity index (χ3v) is 8.96. The van der Waals surface area contributed by atoms with Crippen LogP contribution in [0, 0.1) is 24.4 Å². The van der Waals surface area contributed by atoms with Gasteiger partial charge in [-0.1, -0.05) is 6.07 Å². The number of aryl methyl sites for hydroxylation is 1. The summed E-state index contributed by atoms with van der Waals surface area (Å²) in [6.07, 6.45) is -6.56. The maximum absolute atomic E-state index is 15.8. The lowest BCUT2D eigenvalue weighted by atomic mass is 9.93. The van der Waals surface area contributed by atoms with Gasteiger partial charge in [0.1, 0.15) is 42.0 Å². The largest absolute Gasteiger partial charge is 0.488 e. The van der Waals surface area contributed by atoms with E-state index in [9.17, 15) is 41.4 Å². The van der Waals surface area contributed by atoms with Gasteiger partial charge in [-0.15, -0.1) is 0 Å². The molecule has 1 fully saturated rings. The van der Waals surface area contributed by atoms with Crippen LogP contribution in [0.3, 0.4) is 0 Å². The van der Waals surface area contributed by atoms with Crippen LogP contribution in [0.2, 0.25) is 0 Å². The molecule has 15 heteroatoms. The lowest BCUT2D eigenvalue weighted by Gasteiger charge is -2.34. The molecule has 0 aliphatic carbocycles. The van der Waals surface area contributed by atoms with Crippen molar-refractivity contribution in [2.75, 3.05) is 19.6 Å². The molecule has 1 amide bonds. The minimum atomic E-state index is -4.99. The topological polar surface area (TPSA) is 101 Å². The molecule has 2 atom stereocenters. The molecule has 0 unspecified atom stereocenters. The Labute approximate surface area is 286 Å². The van der Waals surface area contributed by atoms with Crippen molar-refractivity contribution in [2.45, 2.75) is 50.8 Å². The second-order valence-electron chi connectivity index (χ2n) is 12.6. The summed E-state index contributed by atoms with van der Waals surface area (Å²) in [4.78, 5) is 41.3. The minimum Gasteiger partial charge on any atom is -0.488 e. The van der Waals surface area contributed by atoms with Crippen molar-refractivity contribution in [3.8, 4) is 16.9 Å². The summed E-state index contributed by atoms with van der Waals surface area (Å²) < 4.78 is 109. The fourth-order valence-electron chi connectivity index (χ4n) is 6.42. The van der Waals surface area contributed by atoms with E-state index in [0.717, 1.165) is 30.5 Å². The number of hydrogen-bond donors (Lipinski definition) is 2. The van der Waals surface area contributed by atoms with Gasteiger partial charge in [0, 0.05) is 48.6 Å². The van der Waals surface area contributed by atoms with Crippen LogP contribution in [0.5, 0.6) is 5.75 Å². The molecule has 6 rings (SSSR count). The maximum atomic E-state index is 15.8. The number of aromatic nitrogens is 1. The molecule has 4 aromatic rings. The van der Waals surface area contributed by atoms with Crippen LogP contribution in [0.1, 0.15) is 51.9 Å². The number of nitrogens with one attached hydrogen (secondary N) is 1. The number of hydrogen-bond acceptors (Lipinski definition) is 5. The maximum Gasteiger partial charge on any atom is 0.416 e. The van der Waals surface area contributed by atoms with E-state index in [0.29, 0.717) is 4.57 Å². The molecule has 3 aromatic carbocycles. The first-order valence-corrected chi connectivity index (χ1v) is 15.8. The van der Waals surface area contributed by atoms with Gasteiger partial charge in [0.25, 0.3) is 5.56 Å². The Bertz CT molecular complexity index is 2080. The van der Waals surface area contributed by atoms with Crippen molar-refractivity contribution >= 4 is 11.9 Å². The van der Waals surface area contributed by atoms with Crippen LogP contribution in [-0.2, 0) is 28.8 Å². The summed E-state index contributed by atoms with van der Waals surface area (Å²) in [6, 6.07) is 6.17. The van der Waals surface area contributed by atoms with Gasteiger partial charge < -0.3 is 15.2 Å². The van der Waals surface area contributed by atoms with E-state index in [-0.39, 0.29) is 72.3 Å². The molecule has 51 heavy (non-hydrogen) atoms. The van der Waals surface area contributed by atoms with Crippen LogP contribution < -0.4 is 15.6 Å². The number of carboxylic acid groups (broad SMARTS) is 1. The normalized spacial score (nSPS) is 18.2. The zero-order valence-electron chi connectivity index (χ0n) is 26.9. The van der Waals surface area contributed by atoms with Crippen molar-refractivity contribution in [1.82, 2.24) is 14.8 Å². The van der Waals surface area contributed by atoms with Crippen molar-refractivity contribution in [3.05, 3.63) is 122 Å². The molecule has 0 saturated carbocycles. The fraction of sp³-hybridized carbons (Fsp3) is 0.306. The molecule has 268 valence electrons. The van der Waals surface area contributed by atoms with E-state index < -0.39 is 82.4 Å². The predicted octanol–water partition coefficient (Wildman–Crippen LogP) is 6.27. The number of carboxylic acids is 1. The van der Waals surface area contributed by atoms with Gasteiger partial charge in [0.05, 0.1) is 18.0 Å². The Morgan fingerprint density at radius 1 is 1.00 bits per heavy atom. The second-order valence-corrected chi connectivity index (χ2v) is 12.6. The highest BCUT2D eigenvalue weighted by atomic mass is 19.4. The molecular formula is C36H30F7N3O5. The van der Waals surface area contributed by atoms with Gasteiger partial charge in [-0.2, -0.15) is 13.2 Å². The van der Waals surface area contributed by atoms with Gasteiger partial charge in [0.2, 0.25) is 5.91 Å². The van der Waals surface area contributed by atoms with Gasteiger partial charge in [-0.3, -0.25) is 23.9 Å². The van der Waals surface area contributed by atoms with E-state index in [2.05, 4.69) is 5.32 Å². The lowest BCUT2D eigenvalue weighted by molar-refractivity contribution is -0.139. The molecular weight excluding hydrogens is 687 g/mol. The highest BCUT2D eigenvalue weighted by molar-refractivity contribution is 5.85. The number of rotatable bonds is 6. The van der Waals surface area contributed by atoms with Crippen LogP contribution >= 0.6 is 0 Å². The first kappa shape index (κ1) is 35.6. The Balaban J connectivity index is 1.55. The molecule has 1 saturated heterocycles. The number of benzene rings is 3. The number of carbonyl (C=O) groups is 2. The first-order chi connectivity index (χ1) is 24.1. The smallest absolute Gasteiger partial charge is 0.416 e. The molecule has 3 heterocycles. The third-order valence-electron chi connectivity index (χ3n) is 8.96. The van der Waals surface area contributed by atoms with Crippen LogP contribution in [0.15, 0.2) is 65.6 Å². The van der Waals surface area contributed by atoms with Gasteiger partial charge in [-0.05, 0) is 78.1 Å². The monoisotopic (exact) mass is 717 g/mol. The molecule has 2 N–H and O–H groups in total. The lowest BCUT2D eigenvalue weighted by Crippen LogP contribution is -2.49. The molecule has 2 aliphatic rings. The Morgan fingerprint density at radius 2 is 1.75 bits per heavy atom. The van der Waals surface area contributed by atoms with Crippen LogP contribution in [0.4, 0.5) is 30.7 Å². The van der Waals surface area contributed by atoms with E-state index in [4.69, 9.17) is 4.74 Å². The van der Waals surface area contributed by atoms with E-state index >= 15 is 8.78 Å². The van der Waals surface area contributed by atoms with E-state index in [1.165, 1.54) is 31.2 Å². The number of aliphatic carboxylic acids is 1. The Kier molecular flexibility index (Phi) is 9.68. The summed E-state index contributed by atoms with van der Waals surface area (Å²) in [5.41, 5.74) is -3.28. The Hall–Kier alpha value is -5.18. The molecule has 2 aliphatic heterocycles. The predicted molar refractivity (Wildman–Crippen MR) is 169 cm³/mol. The third kappa shape index (κ3) is 7.48. The van der Waals surface area contributed by atoms with Crippen molar-refractivity contribution in [3.63, 3.8) is 0 Å². The Morgan fingerprint density at radius 3 is 2.43 bits per heavy atom. The van der Waals surface area contributed by atoms with Crippen LogP contribution in [0.25, 0.3) is 11.1 Å². The molecule has 0 spiro atoms. The standard InChI is InChI=1S/C36H30F7N3O5/c1-18-8-21-10-26(33(18)40)29(13-32(48)49)44-35(50)34(25-9-19(2-4-28(25)39)17-51-30-5-3-22(37)11-24(21)30)46-14-20(6-7-45-15-23(38)16-45)27(12-31(46)47)36(41,42)43/h2-5,8-12,14,23,29,34H,6-7,13,15-17H2,1H3,(H,44,50)(H,48,49)/t29-,34+/m1/s1. The summed E-state index contributed by atoms with van der Waals surface area (Å²) >= 11 is 0.